The number of fused-ring (bicyclic) bond motifs is 5. The van der Waals surface area contributed by atoms with Gasteiger partial charge in [-0.3, -0.25) is 19.1 Å². The summed E-state index contributed by atoms with van der Waals surface area (Å²) in [6, 6.07) is 17.0. The Bertz CT molecular complexity index is 1690. The first-order valence-electron chi connectivity index (χ1n) is 13.3. The normalized spacial score (nSPS) is 18.8. The Labute approximate surface area is 239 Å². The molecular formula is C30H30BrN5O4. The lowest BCUT2D eigenvalue weighted by atomic mass is 9.83. The summed E-state index contributed by atoms with van der Waals surface area (Å²) in [5.41, 5.74) is 4.05. The van der Waals surface area contributed by atoms with Crippen LogP contribution in [0.5, 0.6) is 11.6 Å². The van der Waals surface area contributed by atoms with E-state index >= 15 is 0 Å². The first kappa shape index (κ1) is 26.5. The van der Waals surface area contributed by atoms with E-state index in [1.165, 1.54) is 0 Å². The van der Waals surface area contributed by atoms with E-state index in [-0.39, 0.29) is 29.7 Å². The number of para-hydroxylation sites is 1. The number of amides is 1. The summed E-state index contributed by atoms with van der Waals surface area (Å²) in [5.74, 6) is 0.683. The van der Waals surface area contributed by atoms with Crippen molar-refractivity contribution in [3.8, 4) is 11.6 Å². The van der Waals surface area contributed by atoms with Gasteiger partial charge in [0.2, 0.25) is 5.88 Å². The highest BCUT2D eigenvalue weighted by atomic mass is 79.9. The Balaban J connectivity index is 1.24. The summed E-state index contributed by atoms with van der Waals surface area (Å²) in [6.07, 6.45) is 1.05. The summed E-state index contributed by atoms with van der Waals surface area (Å²) in [5, 5.41) is 20.1. The van der Waals surface area contributed by atoms with E-state index in [1.54, 1.807) is 6.07 Å². The number of pyridine rings is 1. The highest BCUT2D eigenvalue weighted by Gasteiger charge is 2.35. The Morgan fingerprint density at radius 2 is 1.85 bits per heavy atom. The van der Waals surface area contributed by atoms with Crippen molar-refractivity contribution in [2.45, 2.75) is 39.4 Å². The smallest absolute Gasteiger partial charge is 0.302 e. The second-order valence-corrected chi connectivity index (χ2v) is 11.7. The molecule has 0 aliphatic carbocycles. The van der Waals surface area contributed by atoms with Crippen LogP contribution in [0.1, 0.15) is 29.2 Å². The Hall–Kier alpha value is -3.76. The fourth-order valence-electron chi connectivity index (χ4n) is 6.14. The van der Waals surface area contributed by atoms with Gasteiger partial charge in [-0.05, 0) is 61.6 Å². The van der Waals surface area contributed by atoms with E-state index in [1.807, 2.05) is 71.5 Å². The van der Waals surface area contributed by atoms with Crippen molar-refractivity contribution in [1.29, 1.82) is 0 Å². The molecule has 2 atom stereocenters. The Kier molecular flexibility index (Phi) is 7.06. The predicted molar refractivity (Wildman–Crippen MR) is 155 cm³/mol. The van der Waals surface area contributed by atoms with E-state index in [9.17, 15) is 14.7 Å². The Morgan fingerprint density at radius 1 is 1.07 bits per heavy atom. The predicted octanol–water partition coefficient (Wildman–Crippen LogP) is 5.65. The van der Waals surface area contributed by atoms with Gasteiger partial charge in [-0.25, -0.2) is 0 Å². The molecule has 40 heavy (non-hydrogen) atoms. The van der Waals surface area contributed by atoms with Crippen LogP contribution < -0.4 is 10.3 Å². The van der Waals surface area contributed by atoms with E-state index in [2.05, 4.69) is 31.1 Å². The molecule has 4 heterocycles. The van der Waals surface area contributed by atoms with Gasteiger partial charge < -0.3 is 14.4 Å². The largest absolute Gasteiger partial charge is 0.493 e. The minimum atomic E-state index is -0.546. The molecule has 1 N–H and O–H groups in total. The second-order valence-electron chi connectivity index (χ2n) is 10.7. The zero-order valence-corrected chi connectivity index (χ0v) is 24.0. The molecule has 1 saturated heterocycles. The maximum atomic E-state index is 12.6. The number of benzene rings is 2. The van der Waals surface area contributed by atoms with E-state index < -0.39 is 5.91 Å². The third-order valence-corrected chi connectivity index (χ3v) is 8.37. The number of carbonyl (C=O) groups excluding carboxylic acids is 1. The van der Waals surface area contributed by atoms with Gasteiger partial charge in [0.15, 0.2) is 12.3 Å². The van der Waals surface area contributed by atoms with Crippen LogP contribution in [0.15, 0.2) is 74.1 Å². The first-order valence-corrected chi connectivity index (χ1v) is 14.1. The maximum Gasteiger partial charge on any atom is 0.302 e. The number of halogens is 1. The molecule has 2 aromatic heterocycles. The number of aromatic hydroxyl groups is 1. The molecule has 1 fully saturated rings. The van der Waals surface area contributed by atoms with Gasteiger partial charge in [-0.2, -0.15) is 0 Å². The van der Waals surface area contributed by atoms with Crippen LogP contribution in [0.2, 0.25) is 0 Å². The van der Waals surface area contributed by atoms with E-state index in [4.69, 9.17) is 4.74 Å². The number of hydrogen-bond acceptors (Lipinski definition) is 6. The van der Waals surface area contributed by atoms with Crippen molar-refractivity contribution in [2.24, 2.45) is 16.1 Å². The number of aryl methyl sites for hydroxylation is 2. The molecule has 1 amide bonds. The lowest BCUT2D eigenvalue weighted by Gasteiger charge is -2.42. The topological polar surface area (TPSA) is 101 Å². The van der Waals surface area contributed by atoms with Crippen molar-refractivity contribution < 1.29 is 14.6 Å². The molecule has 0 radical (unpaired) electrons. The minimum absolute atomic E-state index is 0.0485. The monoisotopic (exact) mass is 603 g/mol. The third kappa shape index (κ3) is 4.97. The van der Waals surface area contributed by atoms with Crippen molar-refractivity contribution in [3.05, 3.63) is 86.2 Å². The van der Waals surface area contributed by atoms with Crippen molar-refractivity contribution in [3.63, 3.8) is 0 Å². The van der Waals surface area contributed by atoms with Crippen LogP contribution in [0, 0.1) is 19.8 Å². The van der Waals surface area contributed by atoms with Gasteiger partial charge in [0.1, 0.15) is 5.75 Å². The molecule has 6 rings (SSSR count). The number of aromatic nitrogens is 2. The average Bonchev–Trinajstić information content (AvgIpc) is 3.17. The first-order chi connectivity index (χ1) is 19.3. The van der Waals surface area contributed by atoms with Crippen molar-refractivity contribution in [1.82, 2.24) is 14.0 Å². The Morgan fingerprint density at radius 3 is 2.65 bits per heavy atom. The number of azo groups is 1. The van der Waals surface area contributed by atoms with Crippen LogP contribution >= 0.6 is 15.9 Å². The molecule has 0 saturated carbocycles. The highest BCUT2D eigenvalue weighted by molar-refractivity contribution is 9.10. The standard InChI is InChI=1S/C30H30BrN5O4/c1-18-5-3-6-19(2)29(18)40-16-26(37)32-33-28-23-12-22(31)9-10-25(23)36(30(28)39)17-34-13-20-11-21(15-34)24-7-4-8-27(38)35(24)14-20/h3-10,12,20-21,39H,11,13-17H2,1-2H3/t20-,21-/m0/s1. The van der Waals surface area contributed by atoms with Crippen LogP contribution in [0.3, 0.4) is 0 Å². The molecule has 4 aromatic rings. The fraction of sp³-hybridized carbons (Fsp3) is 0.333. The van der Waals surface area contributed by atoms with Gasteiger partial charge >= 0.3 is 5.91 Å². The van der Waals surface area contributed by atoms with Gasteiger partial charge in [-0.15, -0.1) is 10.2 Å². The molecule has 2 aromatic carbocycles. The number of carbonyl (C=O) groups is 1. The van der Waals surface area contributed by atoms with Gasteiger partial charge in [0.25, 0.3) is 5.56 Å². The number of ether oxygens (including phenoxy) is 1. The third-order valence-electron chi connectivity index (χ3n) is 7.88. The van der Waals surface area contributed by atoms with Crippen LogP contribution in [-0.4, -0.2) is 44.7 Å². The number of rotatable bonds is 6. The summed E-state index contributed by atoms with van der Waals surface area (Å²) < 4.78 is 10.3. The summed E-state index contributed by atoms with van der Waals surface area (Å²) in [7, 11) is 0. The quantitative estimate of drug-likeness (QED) is 0.287. The molecule has 206 valence electrons. The maximum absolute atomic E-state index is 12.6. The molecule has 10 heteroatoms. The molecule has 2 aliphatic rings. The molecule has 0 spiro atoms. The molecule has 0 unspecified atom stereocenters. The SMILES string of the molecule is Cc1cccc(C)c1OCC(=O)N=Nc1c(O)n(CN2C[C@@H]3C[C@@H](C2)c2cccc(=O)n2C3)c2ccc(Br)cc12. The van der Waals surface area contributed by atoms with E-state index in [0.717, 1.165) is 46.3 Å². The molecule has 2 aliphatic heterocycles. The van der Waals surface area contributed by atoms with Gasteiger partial charge in [-0.1, -0.05) is 40.2 Å². The molecule has 9 nitrogen and oxygen atoms in total. The average molecular weight is 605 g/mol. The number of hydrogen-bond donors (Lipinski definition) is 1. The lowest BCUT2D eigenvalue weighted by molar-refractivity contribution is -0.120. The zero-order chi connectivity index (χ0) is 28.0. The molecule has 2 bridgehead atoms. The van der Waals surface area contributed by atoms with Crippen molar-refractivity contribution >= 4 is 38.4 Å². The van der Waals surface area contributed by atoms with Crippen molar-refractivity contribution in [2.75, 3.05) is 19.7 Å². The highest BCUT2D eigenvalue weighted by Crippen LogP contribution is 2.41. The number of likely N-dealkylation sites (tertiary alicyclic amines) is 1. The minimum Gasteiger partial charge on any atom is -0.493 e. The van der Waals surface area contributed by atoms with E-state index in [0.29, 0.717) is 30.3 Å². The second kappa shape index (κ2) is 10.7. The van der Waals surface area contributed by atoms with Crippen LogP contribution in [-0.2, 0) is 18.0 Å². The molecular weight excluding hydrogens is 574 g/mol. The van der Waals surface area contributed by atoms with Gasteiger partial charge in [0, 0.05) is 47.2 Å². The zero-order valence-electron chi connectivity index (χ0n) is 22.4. The number of piperidine rings is 1. The fourth-order valence-corrected chi connectivity index (χ4v) is 6.50. The summed E-state index contributed by atoms with van der Waals surface area (Å²) >= 11 is 3.51. The van der Waals surface area contributed by atoms with Gasteiger partial charge in [0.05, 0.1) is 12.2 Å². The summed E-state index contributed by atoms with van der Waals surface area (Å²) in [6.45, 7) is 6.35. The number of nitrogens with zero attached hydrogens (tertiary/aromatic N) is 5. The van der Waals surface area contributed by atoms with Crippen LogP contribution in [0.4, 0.5) is 5.69 Å². The van der Waals surface area contributed by atoms with Crippen LogP contribution in [0.25, 0.3) is 10.9 Å². The summed E-state index contributed by atoms with van der Waals surface area (Å²) in [4.78, 5) is 27.3. The lowest BCUT2D eigenvalue weighted by Crippen LogP contribution is -2.47.